The maximum Gasteiger partial charge on any atom is 0.253 e. The summed E-state index contributed by atoms with van der Waals surface area (Å²) in [5.74, 6) is 0.583. The summed E-state index contributed by atoms with van der Waals surface area (Å²) >= 11 is 0. The second-order valence-corrected chi connectivity index (χ2v) is 9.78. The molecule has 0 bridgehead atoms. The van der Waals surface area contributed by atoms with Gasteiger partial charge in [-0.25, -0.2) is 8.42 Å². The summed E-state index contributed by atoms with van der Waals surface area (Å²) < 4.78 is 33.0. The molecule has 0 N–H and O–H groups in total. The van der Waals surface area contributed by atoms with Crippen LogP contribution in [-0.4, -0.2) is 49.8 Å². The summed E-state index contributed by atoms with van der Waals surface area (Å²) in [5, 5.41) is 0. The van der Waals surface area contributed by atoms with Gasteiger partial charge in [-0.2, -0.15) is 4.31 Å². The van der Waals surface area contributed by atoms with Gasteiger partial charge in [-0.05, 0) is 61.7 Å². The smallest absolute Gasteiger partial charge is 0.253 e. The average Bonchev–Trinajstić information content (AvgIpc) is 2.78. The quantitative estimate of drug-likeness (QED) is 0.578. The van der Waals surface area contributed by atoms with E-state index in [2.05, 4.69) is 6.58 Å². The Balaban J connectivity index is 1.66. The molecule has 31 heavy (non-hydrogen) atoms. The largest absolute Gasteiger partial charge is 0.490 e. The molecular formula is C24H30N2O4S. The molecule has 1 heterocycles. The molecule has 3 rings (SSSR count). The van der Waals surface area contributed by atoms with E-state index in [0.717, 1.165) is 30.6 Å². The fourth-order valence-electron chi connectivity index (χ4n) is 3.75. The van der Waals surface area contributed by atoms with E-state index in [-0.39, 0.29) is 16.8 Å². The van der Waals surface area contributed by atoms with Crippen LogP contribution in [0.3, 0.4) is 0 Å². The number of sulfonamides is 1. The molecular weight excluding hydrogens is 412 g/mol. The highest BCUT2D eigenvalue weighted by Crippen LogP contribution is 2.25. The number of hydrogen-bond acceptors (Lipinski definition) is 4. The Morgan fingerprint density at radius 1 is 1.16 bits per heavy atom. The Morgan fingerprint density at radius 2 is 1.84 bits per heavy atom. The predicted octanol–water partition coefficient (Wildman–Crippen LogP) is 4.09. The molecule has 0 aromatic heterocycles. The van der Waals surface area contributed by atoms with E-state index >= 15 is 0 Å². The van der Waals surface area contributed by atoms with E-state index < -0.39 is 10.0 Å². The van der Waals surface area contributed by atoms with Crippen molar-refractivity contribution in [3.63, 3.8) is 0 Å². The highest BCUT2D eigenvalue weighted by Gasteiger charge is 2.31. The minimum Gasteiger partial charge on any atom is -0.490 e. The second-order valence-electron chi connectivity index (χ2n) is 7.89. The number of carbonyl (C=O) groups is 1. The molecule has 1 atom stereocenters. The second kappa shape index (κ2) is 10.1. The van der Waals surface area contributed by atoms with Crippen LogP contribution >= 0.6 is 0 Å². The molecule has 0 aliphatic carbocycles. The summed E-state index contributed by atoms with van der Waals surface area (Å²) in [6, 6.07) is 13.8. The van der Waals surface area contributed by atoms with Gasteiger partial charge in [0.1, 0.15) is 12.4 Å². The van der Waals surface area contributed by atoms with Crippen LogP contribution in [0.15, 0.2) is 66.1 Å². The summed E-state index contributed by atoms with van der Waals surface area (Å²) in [7, 11) is -1.82. The Hall–Kier alpha value is -2.64. The number of carbonyl (C=O) groups excluding carboxylic acids is 1. The molecule has 6 nitrogen and oxygen atoms in total. The maximum absolute atomic E-state index is 13.0. The lowest BCUT2D eigenvalue weighted by Gasteiger charge is -2.32. The number of benzene rings is 2. The van der Waals surface area contributed by atoms with Gasteiger partial charge in [-0.15, -0.1) is 0 Å². The van der Waals surface area contributed by atoms with Gasteiger partial charge >= 0.3 is 0 Å². The van der Waals surface area contributed by atoms with Crippen molar-refractivity contribution >= 4 is 15.9 Å². The van der Waals surface area contributed by atoms with Gasteiger partial charge in [-0.3, -0.25) is 4.79 Å². The summed E-state index contributed by atoms with van der Waals surface area (Å²) in [4.78, 5) is 14.6. The Bertz CT molecular complexity index is 1000. The molecule has 1 aliphatic heterocycles. The van der Waals surface area contributed by atoms with E-state index in [9.17, 15) is 13.2 Å². The topological polar surface area (TPSA) is 66.9 Å². The highest BCUT2D eigenvalue weighted by molar-refractivity contribution is 7.89. The van der Waals surface area contributed by atoms with E-state index in [1.54, 1.807) is 34.5 Å². The van der Waals surface area contributed by atoms with E-state index in [0.29, 0.717) is 25.3 Å². The molecule has 1 aliphatic rings. The summed E-state index contributed by atoms with van der Waals surface area (Å²) in [5.41, 5.74) is 1.43. The van der Waals surface area contributed by atoms with Gasteiger partial charge in [0.25, 0.3) is 5.91 Å². The third kappa shape index (κ3) is 5.54. The minimum absolute atomic E-state index is 0.000231. The van der Waals surface area contributed by atoms with Crippen LogP contribution in [0.4, 0.5) is 0 Å². The summed E-state index contributed by atoms with van der Waals surface area (Å²) in [6.07, 6.45) is 4.50. The fourth-order valence-corrected chi connectivity index (χ4v) is 5.45. The number of ether oxygens (including phenoxy) is 1. The highest BCUT2D eigenvalue weighted by atomic mass is 32.2. The maximum atomic E-state index is 13.0. The van der Waals surface area contributed by atoms with Crippen molar-refractivity contribution in [2.45, 2.75) is 43.7 Å². The first-order valence-corrected chi connectivity index (χ1v) is 12.0. The predicted molar refractivity (Wildman–Crippen MR) is 122 cm³/mol. The first kappa shape index (κ1) is 23.0. The van der Waals surface area contributed by atoms with Gasteiger partial charge in [-0.1, -0.05) is 31.2 Å². The summed E-state index contributed by atoms with van der Waals surface area (Å²) in [6.45, 7) is 6.99. The van der Waals surface area contributed by atoms with Crippen molar-refractivity contribution in [3.05, 3.63) is 72.3 Å². The van der Waals surface area contributed by atoms with Crippen LogP contribution < -0.4 is 4.74 Å². The average molecular weight is 443 g/mol. The lowest BCUT2D eigenvalue weighted by atomic mass is 10.1. The number of rotatable bonds is 8. The van der Waals surface area contributed by atoms with E-state index in [1.165, 1.54) is 12.1 Å². The Kier molecular flexibility index (Phi) is 7.51. The van der Waals surface area contributed by atoms with Crippen LogP contribution in [0.1, 0.15) is 42.1 Å². The molecule has 1 saturated heterocycles. The lowest BCUT2D eigenvalue weighted by Crippen LogP contribution is -2.41. The Labute approximate surface area is 185 Å². The lowest BCUT2D eigenvalue weighted by molar-refractivity contribution is 0.0785. The number of piperidine rings is 1. The van der Waals surface area contributed by atoms with Crippen LogP contribution in [-0.2, 0) is 16.6 Å². The molecule has 166 valence electrons. The zero-order chi connectivity index (χ0) is 22.4. The van der Waals surface area contributed by atoms with Gasteiger partial charge in [0, 0.05) is 31.7 Å². The van der Waals surface area contributed by atoms with Crippen molar-refractivity contribution in [1.29, 1.82) is 0 Å². The van der Waals surface area contributed by atoms with E-state index in [1.807, 2.05) is 31.2 Å². The number of nitrogens with zero attached hydrogens (tertiary/aromatic N) is 2. The molecule has 2 aromatic rings. The van der Waals surface area contributed by atoms with Crippen molar-refractivity contribution in [3.8, 4) is 5.75 Å². The SMILES string of the molecule is C=CCOc1ccc(CN(C)C(=O)c2ccc(S(=O)(=O)N3CCCC[C@@H]3C)cc2)cc1. The third-order valence-corrected chi connectivity index (χ3v) is 7.54. The van der Waals surface area contributed by atoms with Crippen molar-refractivity contribution < 1.29 is 17.9 Å². The first-order valence-electron chi connectivity index (χ1n) is 10.5. The molecule has 2 aromatic carbocycles. The third-order valence-electron chi connectivity index (χ3n) is 5.51. The normalized spacial score (nSPS) is 17.2. The zero-order valence-corrected chi connectivity index (χ0v) is 19.0. The molecule has 0 saturated carbocycles. The molecule has 7 heteroatoms. The number of hydrogen-bond donors (Lipinski definition) is 0. The molecule has 0 radical (unpaired) electrons. The van der Waals surface area contributed by atoms with Gasteiger partial charge in [0.05, 0.1) is 4.90 Å². The number of amides is 1. The van der Waals surface area contributed by atoms with Crippen molar-refractivity contribution in [1.82, 2.24) is 9.21 Å². The van der Waals surface area contributed by atoms with Gasteiger partial charge in [0.15, 0.2) is 0 Å². The molecule has 1 fully saturated rings. The van der Waals surface area contributed by atoms with Crippen LogP contribution in [0.2, 0.25) is 0 Å². The van der Waals surface area contributed by atoms with Crippen LogP contribution in [0.25, 0.3) is 0 Å². The van der Waals surface area contributed by atoms with Crippen LogP contribution in [0, 0.1) is 0 Å². The van der Waals surface area contributed by atoms with Gasteiger partial charge in [0.2, 0.25) is 10.0 Å². The Morgan fingerprint density at radius 3 is 2.45 bits per heavy atom. The zero-order valence-electron chi connectivity index (χ0n) is 18.2. The molecule has 0 unspecified atom stereocenters. The van der Waals surface area contributed by atoms with Crippen LogP contribution in [0.5, 0.6) is 5.75 Å². The van der Waals surface area contributed by atoms with Crippen molar-refractivity contribution in [2.24, 2.45) is 0 Å². The standard InChI is InChI=1S/C24H30N2O4S/c1-4-17-30-22-12-8-20(9-13-22)18-25(3)24(27)21-10-14-23(15-11-21)31(28,29)26-16-6-5-7-19(26)2/h4,8-15,19H,1,5-7,16-18H2,2-3H3/t19-/m0/s1. The monoisotopic (exact) mass is 442 g/mol. The van der Waals surface area contributed by atoms with Crippen molar-refractivity contribution in [2.75, 3.05) is 20.2 Å². The fraction of sp³-hybridized carbons (Fsp3) is 0.375. The molecule has 1 amide bonds. The minimum atomic E-state index is -3.54. The first-order chi connectivity index (χ1) is 14.8. The molecule has 0 spiro atoms. The van der Waals surface area contributed by atoms with E-state index in [4.69, 9.17) is 4.74 Å². The van der Waals surface area contributed by atoms with Gasteiger partial charge < -0.3 is 9.64 Å².